The third-order valence-electron chi connectivity index (χ3n) is 4.63. The normalized spacial score (nSPS) is 18.6. The van der Waals surface area contributed by atoms with Crippen LogP contribution >= 0.6 is 11.6 Å². The number of hydrogen-bond donors (Lipinski definition) is 1. The lowest BCUT2D eigenvalue weighted by Gasteiger charge is -2.23. The number of ether oxygens (including phenoxy) is 3. The first-order valence-corrected chi connectivity index (χ1v) is 9.37. The van der Waals surface area contributed by atoms with Crippen molar-refractivity contribution < 1.29 is 23.8 Å². The first-order chi connectivity index (χ1) is 13.4. The molecule has 0 saturated heterocycles. The maximum atomic E-state index is 12.7. The molecular formula is C21H22ClNO5. The summed E-state index contributed by atoms with van der Waals surface area (Å²) >= 11 is 6.21. The molecule has 0 bridgehead atoms. The van der Waals surface area contributed by atoms with Crippen molar-refractivity contribution in [2.45, 2.75) is 32.5 Å². The largest absolute Gasteiger partial charge is 0.496 e. The molecule has 1 heterocycles. The zero-order chi connectivity index (χ0) is 20.3. The van der Waals surface area contributed by atoms with Crippen LogP contribution in [0.4, 0.5) is 5.69 Å². The van der Waals surface area contributed by atoms with Crippen LogP contribution in [0.15, 0.2) is 36.4 Å². The van der Waals surface area contributed by atoms with Crippen molar-refractivity contribution in [2.24, 2.45) is 0 Å². The third-order valence-corrected chi connectivity index (χ3v) is 4.87. The predicted octanol–water partition coefficient (Wildman–Crippen LogP) is 4.04. The number of amides is 1. The van der Waals surface area contributed by atoms with E-state index in [-0.39, 0.29) is 13.0 Å². The minimum atomic E-state index is -0.999. The van der Waals surface area contributed by atoms with E-state index < -0.39 is 24.1 Å². The Labute approximate surface area is 168 Å². The maximum absolute atomic E-state index is 12.7. The number of anilines is 1. The van der Waals surface area contributed by atoms with Gasteiger partial charge in [0.2, 0.25) is 0 Å². The summed E-state index contributed by atoms with van der Waals surface area (Å²) in [6.45, 7) is 3.87. The number of rotatable bonds is 5. The Bertz CT molecular complexity index is 898. The molecule has 0 fully saturated rings. The van der Waals surface area contributed by atoms with E-state index in [1.165, 1.54) is 0 Å². The number of esters is 1. The van der Waals surface area contributed by atoms with E-state index in [1.807, 2.05) is 25.1 Å². The summed E-state index contributed by atoms with van der Waals surface area (Å²) in [4.78, 5) is 24.7. The van der Waals surface area contributed by atoms with Crippen LogP contribution in [0.5, 0.6) is 5.75 Å². The summed E-state index contributed by atoms with van der Waals surface area (Å²) in [6.07, 6.45) is -1.79. The molecule has 2 aromatic rings. The molecule has 6 nitrogen and oxygen atoms in total. The van der Waals surface area contributed by atoms with Crippen LogP contribution in [-0.2, 0) is 19.1 Å². The van der Waals surface area contributed by atoms with Gasteiger partial charge in [0.25, 0.3) is 5.91 Å². The molecule has 28 heavy (non-hydrogen) atoms. The highest BCUT2D eigenvalue weighted by molar-refractivity contribution is 6.30. The number of carbonyl (C=O) groups is 2. The van der Waals surface area contributed by atoms with Gasteiger partial charge in [0.15, 0.2) is 0 Å². The van der Waals surface area contributed by atoms with Gasteiger partial charge >= 0.3 is 5.97 Å². The van der Waals surface area contributed by atoms with Gasteiger partial charge in [-0.25, -0.2) is 0 Å². The van der Waals surface area contributed by atoms with Crippen molar-refractivity contribution in [3.8, 4) is 5.75 Å². The molecule has 0 aromatic heterocycles. The highest BCUT2D eigenvalue weighted by atomic mass is 35.5. The predicted molar refractivity (Wildman–Crippen MR) is 106 cm³/mol. The third kappa shape index (κ3) is 4.13. The van der Waals surface area contributed by atoms with E-state index in [2.05, 4.69) is 5.32 Å². The Kier molecular flexibility index (Phi) is 6.21. The fourth-order valence-electron chi connectivity index (χ4n) is 3.27. The lowest BCUT2D eigenvalue weighted by molar-refractivity contribution is -0.150. The van der Waals surface area contributed by atoms with E-state index in [4.69, 9.17) is 25.8 Å². The molecule has 1 aliphatic rings. The average Bonchev–Trinajstić information content (AvgIpc) is 2.79. The fraction of sp³-hybridized carbons (Fsp3) is 0.333. The molecule has 0 radical (unpaired) electrons. The summed E-state index contributed by atoms with van der Waals surface area (Å²) in [5.74, 6) is -0.192. The second-order valence-electron chi connectivity index (χ2n) is 6.41. The van der Waals surface area contributed by atoms with Crippen LogP contribution < -0.4 is 10.1 Å². The molecule has 1 amide bonds. The Hall–Kier alpha value is -2.57. The molecule has 148 valence electrons. The summed E-state index contributed by atoms with van der Waals surface area (Å²) in [6, 6.07) is 10.8. The highest BCUT2D eigenvalue weighted by Gasteiger charge is 2.34. The quantitative estimate of drug-likeness (QED) is 0.763. The van der Waals surface area contributed by atoms with Gasteiger partial charge in [0, 0.05) is 16.3 Å². The molecule has 0 saturated carbocycles. The molecule has 0 unspecified atom stereocenters. The van der Waals surface area contributed by atoms with E-state index in [1.54, 1.807) is 32.2 Å². The molecule has 0 aliphatic carbocycles. The summed E-state index contributed by atoms with van der Waals surface area (Å²) in [5, 5.41) is 3.35. The van der Waals surface area contributed by atoms with Crippen molar-refractivity contribution in [2.75, 3.05) is 19.0 Å². The van der Waals surface area contributed by atoms with Crippen LogP contribution in [-0.4, -0.2) is 31.7 Å². The minimum Gasteiger partial charge on any atom is -0.496 e. The molecule has 7 heteroatoms. The van der Waals surface area contributed by atoms with Crippen LogP contribution in [0.3, 0.4) is 0 Å². The van der Waals surface area contributed by atoms with Gasteiger partial charge in [-0.15, -0.1) is 0 Å². The number of fused-ring (bicyclic) bond motifs is 1. The smallest absolute Gasteiger partial charge is 0.308 e. The number of carbonyl (C=O) groups excluding carboxylic acids is 2. The van der Waals surface area contributed by atoms with Gasteiger partial charge < -0.3 is 19.5 Å². The van der Waals surface area contributed by atoms with Crippen molar-refractivity contribution in [3.05, 3.63) is 58.1 Å². The van der Waals surface area contributed by atoms with Crippen molar-refractivity contribution in [1.29, 1.82) is 0 Å². The molecule has 2 atom stereocenters. The molecular weight excluding hydrogens is 382 g/mol. The number of nitrogens with one attached hydrogen (secondary N) is 1. The molecule has 1 aliphatic heterocycles. The monoisotopic (exact) mass is 403 g/mol. The van der Waals surface area contributed by atoms with E-state index in [0.717, 1.165) is 11.1 Å². The second kappa shape index (κ2) is 8.63. The van der Waals surface area contributed by atoms with Gasteiger partial charge in [-0.2, -0.15) is 0 Å². The zero-order valence-electron chi connectivity index (χ0n) is 16.0. The summed E-state index contributed by atoms with van der Waals surface area (Å²) < 4.78 is 16.6. The van der Waals surface area contributed by atoms with Gasteiger partial charge in [-0.3, -0.25) is 9.59 Å². The van der Waals surface area contributed by atoms with Crippen molar-refractivity contribution in [3.63, 3.8) is 0 Å². The number of hydrogen-bond acceptors (Lipinski definition) is 5. The van der Waals surface area contributed by atoms with Gasteiger partial charge in [-0.05, 0) is 49.2 Å². The first-order valence-electron chi connectivity index (χ1n) is 8.99. The SMILES string of the molecule is CCOC(=O)C[C@@H]1O[C@@H](c2cccc(OC)c2C)c2cc(Cl)ccc2NC1=O. The lowest BCUT2D eigenvalue weighted by atomic mass is 9.95. The van der Waals surface area contributed by atoms with Crippen LogP contribution in [0.2, 0.25) is 5.02 Å². The van der Waals surface area contributed by atoms with E-state index in [9.17, 15) is 9.59 Å². The Morgan fingerprint density at radius 1 is 1.25 bits per heavy atom. The number of methoxy groups -OCH3 is 1. The van der Waals surface area contributed by atoms with Crippen molar-refractivity contribution >= 4 is 29.2 Å². The maximum Gasteiger partial charge on any atom is 0.308 e. The highest BCUT2D eigenvalue weighted by Crippen LogP contribution is 2.40. The Morgan fingerprint density at radius 2 is 2.04 bits per heavy atom. The van der Waals surface area contributed by atoms with Gasteiger partial charge in [0.05, 0.1) is 20.1 Å². The number of halogens is 1. The molecule has 3 rings (SSSR count). The zero-order valence-corrected chi connectivity index (χ0v) is 16.7. The van der Waals surface area contributed by atoms with Crippen LogP contribution in [0, 0.1) is 6.92 Å². The standard InChI is InChI=1S/C21H22ClNO5/c1-4-27-19(24)11-18-21(25)23-16-9-8-13(22)10-15(16)20(28-18)14-6-5-7-17(26-3)12(14)2/h5-10,18,20H,4,11H2,1-3H3,(H,23,25)/t18-,20-/m0/s1. The fourth-order valence-corrected chi connectivity index (χ4v) is 3.45. The second-order valence-corrected chi connectivity index (χ2v) is 6.85. The van der Waals surface area contributed by atoms with Crippen LogP contribution in [0.1, 0.15) is 36.1 Å². The topological polar surface area (TPSA) is 73.9 Å². The van der Waals surface area contributed by atoms with E-state index >= 15 is 0 Å². The number of benzene rings is 2. The first kappa shape index (κ1) is 20.2. The molecule has 1 N–H and O–H groups in total. The molecule has 2 aromatic carbocycles. The van der Waals surface area contributed by atoms with Crippen LogP contribution in [0.25, 0.3) is 0 Å². The molecule has 0 spiro atoms. The Balaban J connectivity index is 2.08. The van der Waals surface area contributed by atoms with Crippen molar-refractivity contribution in [1.82, 2.24) is 0 Å². The van der Waals surface area contributed by atoms with Gasteiger partial charge in [-0.1, -0.05) is 23.7 Å². The van der Waals surface area contributed by atoms with E-state index in [0.29, 0.717) is 22.0 Å². The lowest BCUT2D eigenvalue weighted by Crippen LogP contribution is -2.32. The minimum absolute atomic E-state index is 0.180. The summed E-state index contributed by atoms with van der Waals surface area (Å²) in [7, 11) is 1.60. The average molecular weight is 404 g/mol. The van der Waals surface area contributed by atoms with Gasteiger partial charge in [0.1, 0.15) is 18.0 Å². The summed E-state index contributed by atoms with van der Waals surface area (Å²) in [5.41, 5.74) is 3.01. The Morgan fingerprint density at radius 3 is 2.75 bits per heavy atom.